The fraction of sp³-hybridized carbons (Fsp3) is 0.333. The SMILES string of the molecule is N[C@H]1CCc2ccc(P(=O)(O)O)cc21. The zero-order valence-corrected chi connectivity index (χ0v) is 8.45. The molecular formula is C9H12NO3P. The summed E-state index contributed by atoms with van der Waals surface area (Å²) in [5.41, 5.74) is 7.79. The average Bonchev–Trinajstić information content (AvgIpc) is 2.46. The predicted octanol–water partition coefficient (Wildman–Crippen LogP) is 0.436. The molecule has 0 heterocycles. The maximum Gasteiger partial charge on any atom is 0.356 e. The highest BCUT2D eigenvalue weighted by atomic mass is 31.2. The van der Waals surface area contributed by atoms with Crippen LogP contribution >= 0.6 is 7.60 Å². The molecule has 4 N–H and O–H groups in total. The molecule has 2 rings (SSSR count). The third kappa shape index (κ3) is 1.62. The van der Waals surface area contributed by atoms with E-state index in [0.29, 0.717) is 0 Å². The Labute approximate surface area is 81.9 Å². The second kappa shape index (κ2) is 3.17. The fourth-order valence-corrected chi connectivity index (χ4v) is 2.38. The van der Waals surface area contributed by atoms with Crippen molar-refractivity contribution in [3.05, 3.63) is 29.3 Å². The first-order chi connectivity index (χ1) is 6.48. The molecule has 0 amide bonds. The lowest BCUT2D eigenvalue weighted by Crippen LogP contribution is -2.10. The van der Waals surface area contributed by atoms with Crippen molar-refractivity contribution in [2.75, 3.05) is 0 Å². The van der Waals surface area contributed by atoms with Crippen LogP contribution in [0.25, 0.3) is 0 Å². The Hall–Kier alpha value is -0.670. The van der Waals surface area contributed by atoms with Crippen LogP contribution < -0.4 is 11.0 Å². The van der Waals surface area contributed by atoms with E-state index >= 15 is 0 Å². The smallest absolute Gasteiger partial charge is 0.324 e. The molecule has 14 heavy (non-hydrogen) atoms. The lowest BCUT2D eigenvalue weighted by Gasteiger charge is -2.08. The molecule has 0 aromatic heterocycles. The lowest BCUT2D eigenvalue weighted by atomic mass is 10.1. The van der Waals surface area contributed by atoms with Crippen LogP contribution in [0, 0.1) is 0 Å². The van der Waals surface area contributed by atoms with Crippen molar-refractivity contribution >= 4 is 12.9 Å². The van der Waals surface area contributed by atoms with Crippen molar-refractivity contribution in [2.24, 2.45) is 5.73 Å². The molecule has 1 aliphatic rings. The summed E-state index contributed by atoms with van der Waals surface area (Å²) in [6.45, 7) is 0. The first kappa shape index (κ1) is 9.87. The molecule has 1 aliphatic carbocycles. The highest BCUT2D eigenvalue weighted by Crippen LogP contribution is 2.36. The number of hydrogen-bond acceptors (Lipinski definition) is 2. The van der Waals surface area contributed by atoms with Crippen molar-refractivity contribution < 1.29 is 14.4 Å². The summed E-state index contributed by atoms with van der Waals surface area (Å²) in [5, 5.41) is 0.0635. The van der Waals surface area contributed by atoms with Crippen LogP contribution in [0.4, 0.5) is 0 Å². The van der Waals surface area contributed by atoms with E-state index in [1.54, 1.807) is 6.07 Å². The summed E-state index contributed by atoms with van der Waals surface area (Å²) in [5.74, 6) is 0. The number of nitrogens with two attached hydrogens (primary N) is 1. The van der Waals surface area contributed by atoms with Gasteiger partial charge in [-0.1, -0.05) is 6.07 Å². The van der Waals surface area contributed by atoms with E-state index < -0.39 is 7.60 Å². The van der Waals surface area contributed by atoms with Crippen LogP contribution in [0.2, 0.25) is 0 Å². The summed E-state index contributed by atoms with van der Waals surface area (Å²) in [6.07, 6.45) is 1.76. The number of aryl methyl sites for hydroxylation is 1. The minimum absolute atomic E-state index is 0.0635. The summed E-state index contributed by atoms with van der Waals surface area (Å²) in [4.78, 5) is 18.0. The van der Waals surface area contributed by atoms with E-state index in [4.69, 9.17) is 15.5 Å². The van der Waals surface area contributed by atoms with Crippen LogP contribution in [0.1, 0.15) is 23.6 Å². The van der Waals surface area contributed by atoms with Crippen molar-refractivity contribution in [3.8, 4) is 0 Å². The van der Waals surface area contributed by atoms with Gasteiger partial charge >= 0.3 is 7.60 Å². The molecule has 0 spiro atoms. The van der Waals surface area contributed by atoms with E-state index in [1.807, 2.05) is 0 Å². The van der Waals surface area contributed by atoms with Crippen molar-refractivity contribution in [3.63, 3.8) is 0 Å². The zero-order valence-electron chi connectivity index (χ0n) is 7.55. The van der Waals surface area contributed by atoms with Crippen molar-refractivity contribution in [1.82, 2.24) is 0 Å². The summed E-state index contributed by atoms with van der Waals surface area (Å²) >= 11 is 0. The monoisotopic (exact) mass is 213 g/mol. The van der Waals surface area contributed by atoms with Crippen molar-refractivity contribution in [1.29, 1.82) is 0 Å². The molecule has 0 aliphatic heterocycles. The van der Waals surface area contributed by atoms with Gasteiger partial charge in [-0.2, -0.15) is 0 Å². The Bertz CT molecular complexity index is 413. The van der Waals surface area contributed by atoms with Gasteiger partial charge in [-0.3, -0.25) is 4.57 Å². The van der Waals surface area contributed by atoms with Gasteiger partial charge in [0.25, 0.3) is 0 Å². The number of hydrogen-bond donors (Lipinski definition) is 3. The van der Waals surface area contributed by atoms with Crippen LogP contribution in [-0.4, -0.2) is 9.79 Å². The molecule has 0 bridgehead atoms. The van der Waals surface area contributed by atoms with Gasteiger partial charge in [0.15, 0.2) is 0 Å². The number of benzene rings is 1. The van der Waals surface area contributed by atoms with E-state index in [-0.39, 0.29) is 11.3 Å². The number of rotatable bonds is 1. The second-order valence-corrected chi connectivity index (χ2v) is 5.18. The predicted molar refractivity (Wildman–Crippen MR) is 53.4 cm³/mol. The molecule has 76 valence electrons. The van der Waals surface area contributed by atoms with Crippen LogP contribution in [0.3, 0.4) is 0 Å². The van der Waals surface area contributed by atoms with Gasteiger partial charge in [0.1, 0.15) is 0 Å². The van der Waals surface area contributed by atoms with E-state index in [1.165, 1.54) is 12.1 Å². The normalized spacial score (nSPS) is 20.9. The molecule has 0 radical (unpaired) electrons. The fourth-order valence-electron chi connectivity index (χ4n) is 1.80. The highest BCUT2D eigenvalue weighted by molar-refractivity contribution is 7.60. The Morgan fingerprint density at radius 2 is 2.14 bits per heavy atom. The Morgan fingerprint density at radius 3 is 2.79 bits per heavy atom. The van der Waals surface area contributed by atoms with E-state index in [9.17, 15) is 4.57 Å². The first-order valence-corrected chi connectivity index (χ1v) is 6.04. The quantitative estimate of drug-likeness (QED) is 0.591. The third-order valence-electron chi connectivity index (χ3n) is 2.59. The zero-order chi connectivity index (χ0) is 10.3. The van der Waals surface area contributed by atoms with Gasteiger partial charge < -0.3 is 15.5 Å². The minimum atomic E-state index is -4.13. The van der Waals surface area contributed by atoms with Crippen LogP contribution in [0.15, 0.2) is 18.2 Å². The molecule has 4 nitrogen and oxygen atoms in total. The minimum Gasteiger partial charge on any atom is -0.324 e. The summed E-state index contributed by atoms with van der Waals surface area (Å²) in [6, 6.07) is 4.71. The van der Waals surface area contributed by atoms with Crippen LogP contribution in [0.5, 0.6) is 0 Å². The maximum absolute atomic E-state index is 11.0. The molecule has 0 unspecified atom stereocenters. The number of fused-ring (bicyclic) bond motifs is 1. The molecular weight excluding hydrogens is 201 g/mol. The first-order valence-electron chi connectivity index (χ1n) is 4.43. The van der Waals surface area contributed by atoms with E-state index in [0.717, 1.165) is 24.0 Å². The average molecular weight is 213 g/mol. The highest BCUT2D eigenvalue weighted by Gasteiger charge is 2.23. The van der Waals surface area contributed by atoms with E-state index in [2.05, 4.69) is 0 Å². The molecule has 1 aromatic rings. The van der Waals surface area contributed by atoms with Crippen molar-refractivity contribution in [2.45, 2.75) is 18.9 Å². The maximum atomic E-state index is 11.0. The molecule has 1 atom stereocenters. The third-order valence-corrected chi connectivity index (χ3v) is 3.54. The molecule has 1 aromatic carbocycles. The largest absolute Gasteiger partial charge is 0.356 e. The molecule has 0 saturated heterocycles. The Kier molecular flexibility index (Phi) is 2.24. The molecule has 0 fully saturated rings. The summed E-state index contributed by atoms with van der Waals surface area (Å²) in [7, 11) is -4.13. The van der Waals surface area contributed by atoms with Gasteiger partial charge in [0.2, 0.25) is 0 Å². The van der Waals surface area contributed by atoms with Crippen LogP contribution in [-0.2, 0) is 11.0 Å². The topological polar surface area (TPSA) is 83.6 Å². The lowest BCUT2D eigenvalue weighted by molar-refractivity contribution is 0.387. The Balaban J connectivity index is 2.50. The summed E-state index contributed by atoms with van der Waals surface area (Å²) < 4.78 is 11.0. The van der Waals surface area contributed by atoms with Gasteiger partial charge in [0.05, 0.1) is 5.30 Å². The molecule has 5 heteroatoms. The van der Waals surface area contributed by atoms with Gasteiger partial charge in [-0.25, -0.2) is 0 Å². The Morgan fingerprint density at radius 1 is 1.43 bits per heavy atom. The van der Waals surface area contributed by atoms with Gasteiger partial charge in [0, 0.05) is 6.04 Å². The molecule has 0 saturated carbocycles. The van der Waals surface area contributed by atoms with Gasteiger partial charge in [-0.15, -0.1) is 0 Å². The second-order valence-electron chi connectivity index (χ2n) is 3.57. The standard InChI is InChI=1S/C9H12NO3P/c10-9-4-2-6-1-3-7(5-8(6)9)14(11,12)13/h1,3,5,9H,2,4,10H2,(H2,11,12,13)/t9-/m0/s1. The van der Waals surface area contributed by atoms with Gasteiger partial charge in [-0.05, 0) is 36.1 Å².